The molecule has 0 spiro atoms. The van der Waals surface area contributed by atoms with E-state index in [0.29, 0.717) is 0 Å². The predicted octanol–water partition coefficient (Wildman–Crippen LogP) is 1.19. The van der Waals surface area contributed by atoms with Gasteiger partial charge < -0.3 is 0 Å². The van der Waals surface area contributed by atoms with Gasteiger partial charge in [-0.2, -0.15) is 0 Å². The second kappa shape index (κ2) is 7.28. The Bertz CT molecular complexity index is 80.5. The normalized spacial score (nSPS) is 6.00. The van der Waals surface area contributed by atoms with Gasteiger partial charge in [0.15, 0.2) is 0 Å². The second-order valence-corrected chi connectivity index (χ2v) is 1.15. The third kappa shape index (κ3) is 4.44. The minimum Gasteiger partial charge on any atom is -0.147 e. The van der Waals surface area contributed by atoms with Crippen molar-refractivity contribution in [1.82, 2.24) is 0 Å². The number of rotatable bonds is 0. The van der Waals surface area contributed by atoms with Crippen LogP contribution in [0.2, 0.25) is 0 Å². The summed E-state index contributed by atoms with van der Waals surface area (Å²) in [5.74, 6) is 0. The molecule has 0 bridgehead atoms. The Morgan fingerprint density at radius 2 is 0.625 bits per heavy atom. The fourth-order valence-electron chi connectivity index (χ4n) is 0.385. The van der Waals surface area contributed by atoms with Gasteiger partial charge in [-0.25, -0.2) is 0 Å². The van der Waals surface area contributed by atoms with Gasteiger partial charge in [-0.05, 0) is 0 Å². The molecule has 0 fully saturated rings. The summed E-state index contributed by atoms with van der Waals surface area (Å²) in [7, 11) is 0. The fraction of sp³-hybridized carbons (Fsp3) is 0. The van der Waals surface area contributed by atoms with E-state index < -0.39 is 0 Å². The molecule has 0 N–H and O–H groups in total. The lowest BCUT2D eigenvalue weighted by atomic mass is 10.4. The van der Waals surface area contributed by atoms with Gasteiger partial charge in [0.25, 0.3) is 0 Å². The van der Waals surface area contributed by atoms with E-state index in [0.717, 1.165) is 0 Å². The van der Waals surface area contributed by atoms with Crippen molar-refractivity contribution in [1.29, 1.82) is 0 Å². The first-order chi connectivity index (χ1) is 3.00. The lowest BCUT2D eigenvalue weighted by Gasteiger charge is -1.69. The van der Waals surface area contributed by atoms with E-state index in [1.54, 1.807) is 0 Å². The summed E-state index contributed by atoms with van der Waals surface area (Å²) < 4.78 is 0. The van der Waals surface area contributed by atoms with Crippen LogP contribution in [-0.2, 0) is 0 Å². The molecular weight excluding hydrogens is 132 g/mol. The Morgan fingerprint density at radius 1 is 0.500 bits per heavy atom. The SMILES string of the molecule is Cl.[MgH2].c1ccccc1. The van der Waals surface area contributed by atoms with Gasteiger partial charge in [-0.15, -0.1) is 12.4 Å². The average Bonchev–Trinajstić information content (AvgIpc) is 1.72. The zero-order chi connectivity index (χ0) is 4.24. The quantitative estimate of drug-likeness (QED) is 0.476. The minimum absolute atomic E-state index is 0. The lowest BCUT2D eigenvalue weighted by Crippen LogP contribution is -1.47. The first-order valence-corrected chi connectivity index (χ1v) is 2.00. The molecule has 0 aliphatic carbocycles. The van der Waals surface area contributed by atoms with Crippen LogP contribution in [0.4, 0.5) is 0 Å². The first kappa shape index (κ1) is 11.1. The van der Waals surface area contributed by atoms with Crippen molar-refractivity contribution < 1.29 is 0 Å². The summed E-state index contributed by atoms with van der Waals surface area (Å²) in [5.41, 5.74) is 0. The Hall–Kier alpha value is 0.276. The average molecular weight is 141 g/mol. The highest BCUT2D eigenvalue weighted by molar-refractivity contribution is 5.85. The molecule has 1 aromatic rings. The highest BCUT2D eigenvalue weighted by Gasteiger charge is 1.57. The van der Waals surface area contributed by atoms with E-state index in [4.69, 9.17) is 0 Å². The van der Waals surface area contributed by atoms with Crippen molar-refractivity contribution >= 4 is 35.5 Å². The number of benzene rings is 1. The van der Waals surface area contributed by atoms with Gasteiger partial charge >= 0.3 is 23.1 Å². The summed E-state index contributed by atoms with van der Waals surface area (Å²) in [6, 6.07) is 12.0. The molecule has 8 heavy (non-hydrogen) atoms. The summed E-state index contributed by atoms with van der Waals surface area (Å²) in [5, 5.41) is 0. The van der Waals surface area contributed by atoms with Crippen LogP contribution < -0.4 is 0 Å². The van der Waals surface area contributed by atoms with Crippen LogP contribution in [0.15, 0.2) is 36.4 Å². The van der Waals surface area contributed by atoms with Crippen LogP contribution >= 0.6 is 12.4 Å². The van der Waals surface area contributed by atoms with Gasteiger partial charge in [0.2, 0.25) is 0 Å². The Morgan fingerprint density at radius 3 is 0.750 bits per heavy atom. The molecule has 2 heteroatoms. The molecule has 1 rings (SSSR count). The Labute approximate surface area is 71.9 Å². The summed E-state index contributed by atoms with van der Waals surface area (Å²) >= 11 is 0. The maximum atomic E-state index is 2.00. The van der Waals surface area contributed by atoms with Gasteiger partial charge in [0.05, 0.1) is 0 Å². The van der Waals surface area contributed by atoms with Crippen LogP contribution in [0.25, 0.3) is 0 Å². The lowest BCUT2D eigenvalue weighted by molar-refractivity contribution is 1.72. The smallest absolute Gasteiger partial charge is 0.147 e. The molecule has 0 saturated carbocycles. The molecule has 0 saturated heterocycles. The van der Waals surface area contributed by atoms with Crippen LogP contribution in [-0.4, -0.2) is 23.1 Å². The van der Waals surface area contributed by atoms with Crippen molar-refractivity contribution in [3.63, 3.8) is 0 Å². The van der Waals surface area contributed by atoms with Crippen molar-refractivity contribution in [3.8, 4) is 0 Å². The van der Waals surface area contributed by atoms with E-state index >= 15 is 0 Å². The molecule has 0 aromatic heterocycles. The Kier molecular flexibility index (Phi) is 10.1. The van der Waals surface area contributed by atoms with Crippen molar-refractivity contribution in [2.45, 2.75) is 0 Å². The number of hydrogen-bond donors (Lipinski definition) is 0. The van der Waals surface area contributed by atoms with Crippen molar-refractivity contribution in [2.75, 3.05) is 0 Å². The molecule has 42 valence electrons. The molecule has 0 unspecified atom stereocenters. The zero-order valence-electron chi connectivity index (χ0n) is 3.87. The second-order valence-electron chi connectivity index (χ2n) is 1.15. The van der Waals surface area contributed by atoms with E-state index in [1.807, 2.05) is 36.4 Å². The molecule has 0 aliphatic heterocycles. The summed E-state index contributed by atoms with van der Waals surface area (Å²) in [4.78, 5) is 0. The highest BCUT2D eigenvalue weighted by atomic mass is 35.5. The number of halogens is 1. The van der Waals surface area contributed by atoms with Crippen molar-refractivity contribution in [3.05, 3.63) is 36.4 Å². The third-order valence-electron chi connectivity index (χ3n) is 0.667. The van der Waals surface area contributed by atoms with Crippen LogP contribution in [0, 0.1) is 0 Å². The number of hydrogen-bond acceptors (Lipinski definition) is 0. The van der Waals surface area contributed by atoms with Gasteiger partial charge in [-0.1, -0.05) is 36.4 Å². The third-order valence-corrected chi connectivity index (χ3v) is 0.667. The maximum Gasteiger partial charge on any atom is 0.316 e. The van der Waals surface area contributed by atoms with Gasteiger partial charge in [0, 0.05) is 0 Å². The molecule has 0 atom stereocenters. The van der Waals surface area contributed by atoms with Crippen molar-refractivity contribution in [2.24, 2.45) is 0 Å². The molecule has 0 radical (unpaired) electrons. The standard InChI is InChI=1S/C6H6.ClH.Mg.2H/c1-2-4-6-5-3-1;;;;/h1-6H;1H;;;. The topological polar surface area (TPSA) is 0 Å². The Balaban J connectivity index is 0. The zero-order valence-corrected chi connectivity index (χ0v) is 4.69. The monoisotopic (exact) mass is 140 g/mol. The van der Waals surface area contributed by atoms with Crippen LogP contribution in [0.3, 0.4) is 0 Å². The molecule has 0 amide bonds. The van der Waals surface area contributed by atoms with Gasteiger partial charge in [0.1, 0.15) is 0 Å². The molecule has 1 aromatic carbocycles. The fourth-order valence-corrected chi connectivity index (χ4v) is 0.385. The molecule has 0 heterocycles. The van der Waals surface area contributed by atoms with E-state index in [2.05, 4.69) is 0 Å². The predicted molar refractivity (Wildman–Crippen MR) is 42.2 cm³/mol. The molecule has 0 aliphatic rings. The minimum atomic E-state index is 0. The van der Waals surface area contributed by atoms with Crippen LogP contribution in [0.1, 0.15) is 0 Å². The first-order valence-electron chi connectivity index (χ1n) is 2.00. The molecular formula is C6H9ClMg. The summed E-state index contributed by atoms with van der Waals surface area (Å²) in [6.07, 6.45) is 0. The maximum absolute atomic E-state index is 2.00. The highest BCUT2D eigenvalue weighted by Crippen LogP contribution is 1.79. The van der Waals surface area contributed by atoms with E-state index in [9.17, 15) is 0 Å². The van der Waals surface area contributed by atoms with E-state index in [1.165, 1.54) is 0 Å². The van der Waals surface area contributed by atoms with Crippen LogP contribution in [0.5, 0.6) is 0 Å². The van der Waals surface area contributed by atoms with E-state index in [-0.39, 0.29) is 35.5 Å². The summed E-state index contributed by atoms with van der Waals surface area (Å²) in [6.45, 7) is 0. The largest absolute Gasteiger partial charge is 0.316 e. The van der Waals surface area contributed by atoms with Gasteiger partial charge in [-0.3, -0.25) is 0 Å². The molecule has 0 nitrogen and oxygen atoms in total.